The Morgan fingerprint density at radius 2 is 1.44 bits per heavy atom. The molecule has 2 amide bonds. The van der Waals surface area contributed by atoms with Crippen LogP contribution in [0.25, 0.3) is 5.57 Å². The summed E-state index contributed by atoms with van der Waals surface area (Å²) >= 11 is 0. The van der Waals surface area contributed by atoms with E-state index in [9.17, 15) is 9.59 Å². The standard InChI is InChI=1S/C29H30N2O3/c1-29(2,3)21-15-17-22(18-16-21)31-27(32)25(23-13-9-10-14-24(23)34-5)26(28(31)33)30(4)19-20-11-7-6-8-12-20/h6-18H,19H2,1-5H3. The van der Waals surface area contributed by atoms with E-state index >= 15 is 0 Å². The fraction of sp³-hybridized carbons (Fsp3) is 0.241. The monoisotopic (exact) mass is 454 g/mol. The number of imide groups is 1. The van der Waals surface area contributed by atoms with Crippen molar-refractivity contribution in [3.05, 3.63) is 101 Å². The van der Waals surface area contributed by atoms with E-state index in [-0.39, 0.29) is 17.2 Å². The molecular formula is C29H30N2O3. The highest BCUT2D eigenvalue weighted by atomic mass is 16.5. The summed E-state index contributed by atoms with van der Waals surface area (Å²) in [6, 6.07) is 24.8. The van der Waals surface area contributed by atoms with Gasteiger partial charge in [0.2, 0.25) is 0 Å². The summed E-state index contributed by atoms with van der Waals surface area (Å²) < 4.78 is 5.55. The first-order valence-corrected chi connectivity index (χ1v) is 11.3. The van der Waals surface area contributed by atoms with Gasteiger partial charge in [-0.3, -0.25) is 9.59 Å². The second kappa shape index (κ2) is 9.18. The van der Waals surface area contributed by atoms with Gasteiger partial charge in [-0.1, -0.05) is 81.4 Å². The highest BCUT2D eigenvalue weighted by Crippen LogP contribution is 2.38. The Kier molecular flexibility index (Phi) is 6.29. The van der Waals surface area contributed by atoms with Gasteiger partial charge >= 0.3 is 0 Å². The van der Waals surface area contributed by atoms with E-state index < -0.39 is 0 Å². The molecule has 0 spiro atoms. The predicted octanol–water partition coefficient (Wildman–Crippen LogP) is 5.41. The van der Waals surface area contributed by atoms with E-state index in [2.05, 4.69) is 20.8 Å². The van der Waals surface area contributed by atoms with Gasteiger partial charge in [0, 0.05) is 19.2 Å². The Morgan fingerprint density at radius 3 is 2.06 bits per heavy atom. The molecule has 3 aromatic rings. The first-order valence-electron chi connectivity index (χ1n) is 11.3. The largest absolute Gasteiger partial charge is 0.496 e. The number of carbonyl (C=O) groups is 2. The molecule has 0 aliphatic carbocycles. The van der Waals surface area contributed by atoms with E-state index in [1.165, 1.54) is 4.90 Å². The molecule has 0 bridgehead atoms. The highest BCUT2D eigenvalue weighted by molar-refractivity contribution is 6.45. The number of nitrogens with zero attached hydrogens (tertiary/aromatic N) is 2. The van der Waals surface area contributed by atoms with Gasteiger partial charge in [-0.05, 0) is 34.7 Å². The summed E-state index contributed by atoms with van der Waals surface area (Å²) in [6.45, 7) is 6.88. The van der Waals surface area contributed by atoms with Crippen LogP contribution >= 0.6 is 0 Å². The second-order valence-electron chi connectivity index (χ2n) is 9.51. The van der Waals surface area contributed by atoms with E-state index in [0.717, 1.165) is 11.1 Å². The van der Waals surface area contributed by atoms with Gasteiger partial charge in [-0.2, -0.15) is 0 Å². The third-order valence-corrected chi connectivity index (χ3v) is 6.07. The molecule has 0 N–H and O–H groups in total. The van der Waals surface area contributed by atoms with Crippen molar-refractivity contribution in [2.24, 2.45) is 0 Å². The maximum Gasteiger partial charge on any atom is 0.282 e. The smallest absolute Gasteiger partial charge is 0.282 e. The molecule has 5 nitrogen and oxygen atoms in total. The van der Waals surface area contributed by atoms with Crippen LogP contribution in [0, 0.1) is 0 Å². The lowest BCUT2D eigenvalue weighted by molar-refractivity contribution is -0.120. The first-order chi connectivity index (χ1) is 16.2. The number of benzene rings is 3. The molecule has 34 heavy (non-hydrogen) atoms. The average Bonchev–Trinajstić information content (AvgIpc) is 3.09. The third kappa shape index (κ3) is 4.34. The molecule has 1 aliphatic heterocycles. The van der Waals surface area contributed by atoms with Gasteiger partial charge in [0.1, 0.15) is 11.4 Å². The number of likely N-dealkylation sites (N-methyl/N-ethyl adjacent to an activating group) is 1. The van der Waals surface area contributed by atoms with Crippen LogP contribution in [0.1, 0.15) is 37.5 Å². The molecule has 0 atom stereocenters. The number of methoxy groups -OCH3 is 1. The van der Waals surface area contributed by atoms with Crippen LogP contribution < -0.4 is 9.64 Å². The average molecular weight is 455 g/mol. The van der Waals surface area contributed by atoms with Crippen LogP contribution in [0.5, 0.6) is 5.75 Å². The summed E-state index contributed by atoms with van der Waals surface area (Å²) in [5.41, 5.74) is 4.02. The zero-order chi connectivity index (χ0) is 24.5. The van der Waals surface area contributed by atoms with E-state index in [1.54, 1.807) is 13.2 Å². The van der Waals surface area contributed by atoms with Crippen LogP contribution in [-0.2, 0) is 21.5 Å². The number of carbonyl (C=O) groups excluding carboxylic acids is 2. The molecule has 5 heteroatoms. The second-order valence-corrected chi connectivity index (χ2v) is 9.51. The molecule has 1 heterocycles. The minimum absolute atomic E-state index is 0.0283. The molecule has 0 unspecified atom stereocenters. The van der Waals surface area contributed by atoms with Gasteiger partial charge in [0.25, 0.3) is 11.8 Å². The summed E-state index contributed by atoms with van der Waals surface area (Å²) in [4.78, 5) is 30.7. The van der Waals surface area contributed by atoms with Crippen LogP contribution in [-0.4, -0.2) is 30.9 Å². The van der Waals surface area contributed by atoms with Crippen LogP contribution in [0.15, 0.2) is 84.6 Å². The van der Waals surface area contributed by atoms with Crippen molar-refractivity contribution >= 4 is 23.1 Å². The van der Waals surface area contributed by atoms with Gasteiger partial charge in [0.15, 0.2) is 0 Å². The quantitative estimate of drug-likeness (QED) is 0.468. The number of hydrogen-bond donors (Lipinski definition) is 0. The molecule has 0 radical (unpaired) electrons. The topological polar surface area (TPSA) is 49.9 Å². The van der Waals surface area contributed by atoms with Gasteiger partial charge in [0.05, 0.1) is 18.4 Å². The number of anilines is 1. The molecule has 4 rings (SSSR count). The molecule has 1 aliphatic rings. The predicted molar refractivity (Wildman–Crippen MR) is 135 cm³/mol. The van der Waals surface area contributed by atoms with E-state index in [1.807, 2.05) is 84.7 Å². The van der Waals surface area contributed by atoms with Crippen molar-refractivity contribution in [3.63, 3.8) is 0 Å². The van der Waals surface area contributed by atoms with E-state index in [0.29, 0.717) is 34.8 Å². The van der Waals surface area contributed by atoms with Crippen LogP contribution in [0.2, 0.25) is 0 Å². The first kappa shape index (κ1) is 23.3. The maximum atomic E-state index is 13.8. The van der Waals surface area contributed by atoms with Crippen molar-refractivity contribution in [3.8, 4) is 5.75 Å². The molecular weight excluding hydrogens is 424 g/mol. The minimum Gasteiger partial charge on any atom is -0.496 e. The Balaban J connectivity index is 1.80. The van der Waals surface area contributed by atoms with Crippen molar-refractivity contribution in [1.29, 1.82) is 0 Å². The molecule has 0 saturated carbocycles. The molecule has 0 aromatic heterocycles. The minimum atomic E-state index is -0.354. The molecule has 0 saturated heterocycles. The van der Waals surface area contributed by atoms with Crippen molar-refractivity contribution in [2.75, 3.05) is 19.1 Å². The Morgan fingerprint density at radius 1 is 0.824 bits per heavy atom. The van der Waals surface area contributed by atoms with Crippen LogP contribution in [0.3, 0.4) is 0 Å². The lowest BCUT2D eigenvalue weighted by Crippen LogP contribution is -2.34. The zero-order valence-corrected chi connectivity index (χ0v) is 20.3. The summed E-state index contributed by atoms with van der Waals surface area (Å²) in [7, 11) is 3.41. The fourth-order valence-corrected chi connectivity index (χ4v) is 4.25. The molecule has 3 aromatic carbocycles. The molecule has 0 fully saturated rings. The fourth-order valence-electron chi connectivity index (χ4n) is 4.25. The SMILES string of the molecule is COc1ccccc1C1=C(N(C)Cc2ccccc2)C(=O)N(c2ccc(C(C)(C)C)cc2)C1=O. The van der Waals surface area contributed by atoms with Crippen molar-refractivity contribution in [1.82, 2.24) is 4.90 Å². The highest BCUT2D eigenvalue weighted by Gasteiger charge is 2.42. The van der Waals surface area contributed by atoms with Gasteiger partial charge < -0.3 is 9.64 Å². The molecule has 174 valence electrons. The maximum absolute atomic E-state index is 13.8. The summed E-state index contributed by atoms with van der Waals surface area (Å²) in [5, 5.41) is 0. The zero-order valence-electron chi connectivity index (χ0n) is 20.3. The van der Waals surface area contributed by atoms with Crippen molar-refractivity contribution < 1.29 is 14.3 Å². The Bertz CT molecular complexity index is 1240. The lowest BCUT2D eigenvalue weighted by atomic mass is 9.87. The van der Waals surface area contributed by atoms with Crippen molar-refractivity contribution in [2.45, 2.75) is 32.7 Å². The normalized spacial score (nSPS) is 14.1. The van der Waals surface area contributed by atoms with Gasteiger partial charge in [-0.15, -0.1) is 0 Å². The number of rotatable bonds is 6. The van der Waals surface area contributed by atoms with Crippen LogP contribution in [0.4, 0.5) is 5.69 Å². The Labute approximate surface area is 201 Å². The lowest BCUT2D eigenvalue weighted by Gasteiger charge is -2.23. The van der Waals surface area contributed by atoms with E-state index in [4.69, 9.17) is 4.74 Å². The number of hydrogen-bond acceptors (Lipinski definition) is 4. The third-order valence-electron chi connectivity index (χ3n) is 6.07. The van der Waals surface area contributed by atoms with Gasteiger partial charge in [-0.25, -0.2) is 4.90 Å². The Hall–Kier alpha value is -3.86. The summed E-state index contributed by atoms with van der Waals surface area (Å²) in [6.07, 6.45) is 0. The number of ether oxygens (including phenoxy) is 1. The number of amides is 2. The summed E-state index contributed by atoms with van der Waals surface area (Å²) in [5.74, 6) is -0.144. The number of para-hydroxylation sites is 1.